The fourth-order valence-corrected chi connectivity index (χ4v) is 3.79. The van der Waals surface area contributed by atoms with E-state index < -0.39 is 16.0 Å². The van der Waals surface area contributed by atoms with Crippen LogP contribution in [0.5, 0.6) is 0 Å². The lowest BCUT2D eigenvalue weighted by Crippen LogP contribution is -2.17. The number of carboxylic acid groups (broad SMARTS) is 1. The minimum atomic E-state index is -3.73. The number of carbonyl (C=O) groups is 1. The number of hydrogen-bond donors (Lipinski definition) is 2. The maximum atomic E-state index is 12.3. The molecular formula is C15H15NO5S. The molecule has 1 aliphatic rings. The van der Waals surface area contributed by atoms with Crippen molar-refractivity contribution in [1.82, 2.24) is 0 Å². The number of nitrogens with one attached hydrogen (secondary N) is 1. The van der Waals surface area contributed by atoms with E-state index in [0.717, 1.165) is 30.2 Å². The predicted octanol–water partition coefficient (Wildman–Crippen LogP) is 2.66. The average Bonchev–Trinajstić information content (AvgIpc) is 3.02. The number of aromatic carboxylic acids is 1. The molecule has 0 saturated carbocycles. The number of sulfonamides is 1. The third-order valence-electron chi connectivity index (χ3n) is 3.81. The van der Waals surface area contributed by atoms with E-state index in [1.807, 2.05) is 0 Å². The number of anilines is 1. The van der Waals surface area contributed by atoms with Crippen LogP contribution in [0.15, 0.2) is 40.0 Å². The van der Waals surface area contributed by atoms with Crippen molar-refractivity contribution in [2.75, 3.05) is 4.72 Å². The highest BCUT2D eigenvalue weighted by Crippen LogP contribution is 2.32. The lowest BCUT2D eigenvalue weighted by atomic mass is 9.87. The van der Waals surface area contributed by atoms with Crippen LogP contribution in [0.25, 0.3) is 0 Å². The Morgan fingerprint density at radius 1 is 1.14 bits per heavy atom. The van der Waals surface area contributed by atoms with E-state index in [9.17, 15) is 18.3 Å². The molecule has 0 fully saturated rings. The van der Waals surface area contributed by atoms with Gasteiger partial charge in [0.15, 0.2) is 0 Å². The van der Waals surface area contributed by atoms with Crippen LogP contribution in [0.2, 0.25) is 0 Å². The highest BCUT2D eigenvalue weighted by molar-refractivity contribution is 7.92. The van der Waals surface area contributed by atoms with Crippen molar-refractivity contribution in [2.45, 2.75) is 30.6 Å². The predicted molar refractivity (Wildman–Crippen MR) is 79.6 cm³/mol. The maximum Gasteiger partial charge on any atom is 0.335 e. The van der Waals surface area contributed by atoms with Crippen LogP contribution in [0.4, 0.5) is 5.69 Å². The number of benzene rings is 1. The van der Waals surface area contributed by atoms with Crippen LogP contribution in [0.3, 0.4) is 0 Å². The first-order valence-electron chi connectivity index (χ1n) is 6.92. The Morgan fingerprint density at radius 3 is 2.50 bits per heavy atom. The van der Waals surface area contributed by atoms with Gasteiger partial charge in [-0.3, -0.25) is 4.72 Å². The maximum absolute atomic E-state index is 12.3. The van der Waals surface area contributed by atoms with Gasteiger partial charge in [-0.05, 0) is 55.0 Å². The molecule has 6 nitrogen and oxygen atoms in total. The molecule has 2 N–H and O–H groups in total. The summed E-state index contributed by atoms with van der Waals surface area (Å²) in [5.74, 6) is -0.984. The van der Waals surface area contributed by atoms with Crippen LogP contribution in [-0.2, 0) is 22.9 Å². The summed E-state index contributed by atoms with van der Waals surface area (Å²) in [7, 11) is -3.73. The topological polar surface area (TPSA) is 96.6 Å². The summed E-state index contributed by atoms with van der Waals surface area (Å²) >= 11 is 0. The highest BCUT2D eigenvalue weighted by Gasteiger charge is 2.23. The molecule has 2 aromatic rings. The molecule has 0 unspecified atom stereocenters. The summed E-state index contributed by atoms with van der Waals surface area (Å²) in [6.07, 6.45) is 5.58. The third-order valence-corrected chi connectivity index (χ3v) is 5.16. The number of rotatable bonds is 4. The van der Waals surface area contributed by atoms with Crippen molar-refractivity contribution in [3.05, 3.63) is 47.4 Å². The summed E-state index contributed by atoms with van der Waals surface area (Å²) in [6.45, 7) is 0. The van der Waals surface area contributed by atoms with Crippen molar-refractivity contribution in [3.8, 4) is 0 Å². The van der Waals surface area contributed by atoms with Crippen molar-refractivity contribution in [2.24, 2.45) is 0 Å². The number of carboxylic acids is 1. The van der Waals surface area contributed by atoms with E-state index in [2.05, 4.69) is 4.72 Å². The zero-order valence-electron chi connectivity index (χ0n) is 11.7. The molecule has 0 atom stereocenters. The van der Waals surface area contributed by atoms with Gasteiger partial charge in [-0.1, -0.05) is 0 Å². The van der Waals surface area contributed by atoms with Crippen molar-refractivity contribution in [1.29, 1.82) is 0 Å². The van der Waals surface area contributed by atoms with Gasteiger partial charge in [0.1, 0.15) is 11.2 Å². The fourth-order valence-electron chi connectivity index (χ4n) is 2.77. The standard InChI is InChI=1S/C15H15NO5S/c17-15(18)13-5-6-14(12-4-2-1-3-11(12)13)16-22(19,20)10-7-8-21-9-10/h5-9,16H,1-4H2,(H,17,18). The summed E-state index contributed by atoms with van der Waals surface area (Å²) < 4.78 is 31.9. The second-order valence-electron chi connectivity index (χ2n) is 5.19. The molecule has 1 aliphatic carbocycles. The summed E-state index contributed by atoms with van der Waals surface area (Å²) in [5.41, 5.74) is 2.20. The molecule has 22 heavy (non-hydrogen) atoms. The third kappa shape index (κ3) is 2.59. The first kappa shape index (κ1) is 14.6. The first-order valence-corrected chi connectivity index (χ1v) is 8.40. The van der Waals surface area contributed by atoms with E-state index >= 15 is 0 Å². The Morgan fingerprint density at radius 2 is 1.86 bits per heavy atom. The summed E-state index contributed by atoms with van der Waals surface area (Å²) in [5, 5.41) is 9.26. The lowest BCUT2D eigenvalue weighted by Gasteiger charge is -2.21. The lowest BCUT2D eigenvalue weighted by molar-refractivity contribution is 0.0695. The van der Waals surface area contributed by atoms with Gasteiger partial charge in [-0.15, -0.1) is 0 Å². The van der Waals surface area contributed by atoms with E-state index in [1.54, 1.807) is 0 Å². The van der Waals surface area contributed by atoms with Gasteiger partial charge >= 0.3 is 5.97 Å². The molecule has 1 aromatic carbocycles. The van der Waals surface area contributed by atoms with Crippen molar-refractivity contribution >= 4 is 21.7 Å². The number of furan rings is 1. The summed E-state index contributed by atoms with van der Waals surface area (Å²) in [6, 6.07) is 4.34. The van der Waals surface area contributed by atoms with E-state index in [1.165, 1.54) is 24.5 Å². The van der Waals surface area contributed by atoms with Crippen LogP contribution >= 0.6 is 0 Å². The Labute approximate surface area is 127 Å². The van der Waals surface area contributed by atoms with Crippen LogP contribution < -0.4 is 4.72 Å². The number of fused-ring (bicyclic) bond motifs is 1. The van der Waals surface area contributed by atoms with E-state index in [-0.39, 0.29) is 10.5 Å². The van der Waals surface area contributed by atoms with Gasteiger partial charge in [0.05, 0.1) is 17.5 Å². The van der Waals surface area contributed by atoms with Crippen LogP contribution in [0, 0.1) is 0 Å². The Bertz CT molecular complexity index is 809. The van der Waals surface area contributed by atoms with Crippen LogP contribution in [0.1, 0.15) is 34.3 Å². The second-order valence-corrected chi connectivity index (χ2v) is 6.88. The van der Waals surface area contributed by atoms with E-state index in [4.69, 9.17) is 4.42 Å². The van der Waals surface area contributed by atoms with Gasteiger partial charge in [-0.2, -0.15) is 0 Å². The largest absolute Gasteiger partial charge is 0.478 e. The molecule has 1 heterocycles. The van der Waals surface area contributed by atoms with Gasteiger partial charge in [-0.25, -0.2) is 13.2 Å². The average molecular weight is 321 g/mol. The Kier molecular flexibility index (Phi) is 3.66. The van der Waals surface area contributed by atoms with Gasteiger partial charge in [0, 0.05) is 0 Å². The minimum absolute atomic E-state index is 0.0411. The molecular weight excluding hydrogens is 306 g/mol. The SMILES string of the molecule is O=C(O)c1ccc(NS(=O)(=O)c2ccoc2)c2c1CCCC2. The second kappa shape index (κ2) is 5.49. The van der Waals surface area contributed by atoms with Crippen molar-refractivity contribution < 1.29 is 22.7 Å². The molecule has 0 bridgehead atoms. The molecule has 3 rings (SSSR count). The van der Waals surface area contributed by atoms with Gasteiger partial charge in [0.25, 0.3) is 10.0 Å². The van der Waals surface area contributed by atoms with Gasteiger partial charge < -0.3 is 9.52 Å². The smallest absolute Gasteiger partial charge is 0.335 e. The van der Waals surface area contributed by atoms with Crippen molar-refractivity contribution in [3.63, 3.8) is 0 Å². The van der Waals surface area contributed by atoms with E-state index in [0.29, 0.717) is 18.5 Å². The molecule has 0 aliphatic heterocycles. The molecule has 0 amide bonds. The number of hydrogen-bond acceptors (Lipinski definition) is 4. The normalized spacial score (nSPS) is 14.4. The first-order chi connectivity index (χ1) is 10.5. The fraction of sp³-hybridized carbons (Fsp3) is 0.267. The molecule has 1 aromatic heterocycles. The quantitative estimate of drug-likeness (QED) is 0.902. The zero-order valence-corrected chi connectivity index (χ0v) is 12.5. The summed E-state index contributed by atoms with van der Waals surface area (Å²) in [4.78, 5) is 11.3. The molecule has 7 heteroatoms. The Balaban J connectivity index is 2.04. The van der Waals surface area contributed by atoms with Gasteiger partial charge in [0.2, 0.25) is 0 Å². The Hall–Kier alpha value is -2.28. The monoisotopic (exact) mass is 321 g/mol. The van der Waals surface area contributed by atoms with Crippen LogP contribution in [-0.4, -0.2) is 19.5 Å². The molecule has 0 spiro atoms. The molecule has 0 saturated heterocycles. The minimum Gasteiger partial charge on any atom is -0.478 e. The molecule has 116 valence electrons. The zero-order chi connectivity index (χ0) is 15.7. The highest BCUT2D eigenvalue weighted by atomic mass is 32.2. The molecule has 0 radical (unpaired) electrons.